The van der Waals surface area contributed by atoms with Crippen molar-refractivity contribution in [1.82, 2.24) is 4.57 Å². The minimum absolute atomic E-state index is 0.652. The van der Waals surface area contributed by atoms with Gasteiger partial charge in [0.25, 0.3) is 0 Å². The summed E-state index contributed by atoms with van der Waals surface area (Å²) in [6.07, 6.45) is 0. The molecule has 0 saturated carbocycles. The molecule has 0 saturated heterocycles. The number of rotatable bonds is 8. The number of aromatic nitrogens is 1. The number of fused-ring (bicyclic) bond motifs is 13. The summed E-state index contributed by atoms with van der Waals surface area (Å²) in [5.41, 5.74) is 22.0. The van der Waals surface area contributed by atoms with Gasteiger partial charge in [-0.2, -0.15) is 0 Å². The number of para-hydroxylation sites is 5. The highest BCUT2D eigenvalue weighted by Crippen LogP contribution is 2.67. The van der Waals surface area contributed by atoms with Crippen molar-refractivity contribution < 1.29 is 0 Å². The second-order valence-electron chi connectivity index (χ2n) is 18.4. The lowest BCUT2D eigenvalue weighted by atomic mass is 9.70. The largest absolute Gasteiger partial charge is 0.310 e. The van der Waals surface area contributed by atoms with E-state index in [0.29, 0.717) is 0 Å². The fourth-order valence-corrected chi connectivity index (χ4v) is 12.1. The third-order valence-electron chi connectivity index (χ3n) is 14.8. The summed E-state index contributed by atoms with van der Waals surface area (Å²) in [4.78, 5) is 5.00. The van der Waals surface area contributed by atoms with Crippen LogP contribution in [-0.4, -0.2) is 4.57 Å². The molecule has 1 heterocycles. The Morgan fingerprint density at radius 3 is 1.56 bits per heavy atom. The van der Waals surface area contributed by atoms with E-state index in [4.69, 9.17) is 0 Å². The van der Waals surface area contributed by atoms with Gasteiger partial charge in [-0.3, -0.25) is 0 Å². The molecule has 1 spiro atoms. The third kappa shape index (κ3) is 5.82. The van der Waals surface area contributed by atoms with Crippen molar-refractivity contribution in [3.63, 3.8) is 0 Å². The second kappa shape index (κ2) is 16.0. The summed E-state index contributed by atoms with van der Waals surface area (Å²) in [6.45, 7) is 0. The number of nitrogens with zero attached hydrogens (tertiary/aromatic N) is 3. The molecule has 11 aromatic carbocycles. The Balaban J connectivity index is 1.09. The topological polar surface area (TPSA) is 11.4 Å². The van der Waals surface area contributed by atoms with Gasteiger partial charge in [-0.15, -0.1) is 0 Å². The van der Waals surface area contributed by atoms with Crippen molar-refractivity contribution in [3.8, 4) is 39.1 Å². The fourth-order valence-electron chi connectivity index (χ4n) is 12.1. The molecule has 0 radical (unpaired) electrons. The summed E-state index contributed by atoms with van der Waals surface area (Å²) < 4.78 is 2.42. The molecule has 14 rings (SSSR count). The molecule has 70 heavy (non-hydrogen) atoms. The summed E-state index contributed by atoms with van der Waals surface area (Å²) >= 11 is 0. The normalized spacial score (nSPS) is 14.1. The molecule has 3 nitrogen and oxygen atoms in total. The SMILES string of the molecule is c1ccc(-c2ccccc2N(c2ccc3c4ccccc4n(-c4ccccc4)c3c2)c2cccc3c2-c2ccccc2C32c3ccccc3-c3cccc(N(c4ccccc4)c4ccccc4)c32)cc1. The molecule has 1 unspecified atom stereocenters. The summed E-state index contributed by atoms with van der Waals surface area (Å²) in [6, 6.07) is 100. The Bertz CT molecular complexity index is 3910. The highest BCUT2D eigenvalue weighted by molar-refractivity contribution is 6.11. The van der Waals surface area contributed by atoms with Crippen molar-refractivity contribution in [2.75, 3.05) is 9.80 Å². The Labute approximate surface area is 408 Å². The average Bonchev–Trinajstić information content (AvgIpc) is 4.05. The van der Waals surface area contributed by atoms with Crippen LogP contribution in [-0.2, 0) is 5.41 Å². The van der Waals surface area contributed by atoms with Crippen LogP contribution in [0.2, 0.25) is 0 Å². The van der Waals surface area contributed by atoms with Crippen molar-refractivity contribution in [2.45, 2.75) is 5.41 Å². The maximum atomic E-state index is 2.54. The minimum Gasteiger partial charge on any atom is -0.310 e. The second-order valence-corrected chi connectivity index (χ2v) is 18.4. The van der Waals surface area contributed by atoms with E-state index in [0.717, 1.165) is 56.5 Å². The van der Waals surface area contributed by atoms with E-state index in [1.54, 1.807) is 0 Å². The van der Waals surface area contributed by atoms with Crippen LogP contribution in [0.15, 0.2) is 273 Å². The van der Waals surface area contributed by atoms with Crippen molar-refractivity contribution in [2.24, 2.45) is 0 Å². The zero-order chi connectivity index (χ0) is 46.2. The van der Waals surface area contributed by atoms with Gasteiger partial charge < -0.3 is 14.4 Å². The van der Waals surface area contributed by atoms with Gasteiger partial charge in [-0.05, 0) is 112 Å². The predicted molar refractivity (Wildman–Crippen MR) is 292 cm³/mol. The standard InChI is InChI=1S/C67H45N3/c1-5-23-46(24-6-1)51-31-15-19-39-60(51)70(50-43-44-54-53-33-16-20-40-61(53)69(64(54)45-50)49-29-11-4-12-30-49)62-41-22-38-59-65(62)56-34-14-18-37-58(56)67(59)57-36-17-13-32-52(57)55-35-21-42-63(66(55)67)68(47-25-7-2-8-26-47)48-27-9-3-10-28-48/h1-45H. The van der Waals surface area contributed by atoms with Gasteiger partial charge in [0.1, 0.15) is 0 Å². The van der Waals surface area contributed by atoms with Crippen LogP contribution in [0.5, 0.6) is 0 Å². The molecule has 0 amide bonds. The Kier molecular flexibility index (Phi) is 9.11. The van der Waals surface area contributed by atoms with Gasteiger partial charge in [0, 0.05) is 50.2 Å². The monoisotopic (exact) mass is 891 g/mol. The zero-order valence-corrected chi connectivity index (χ0v) is 38.3. The van der Waals surface area contributed by atoms with E-state index in [1.165, 1.54) is 60.8 Å². The van der Waals surface area contributed by atoms with Crippen molar-refractivity contribution in [3.05, 3.63) is 295 Å². The molecular formula is C67H45N3. The number of hydrogen-bond acceptors (Lipinski definition) is 2. The van der Waals surface area contributed by atoms with Gasteiger partial charge >= 0.3 is 0 Å². The lowest BCUT2D eigenvalue weighted by molar-refractivity contribution is 0.793. The van der Waals surface area contributed by atoms with Crippen LogP contribution in [0.1, 0.15) is 22.3 Å². The van der Waals surface area contributed by atoms with Gasteiger partial charge in [-0.1, -0.05) is 200 Å². The van der Waals surface area contributed by atoms with E-state index in [-0.39, 0.29) is 0 Å². The quantitative estimate of drug-likeness (QED) is 0.151. The number of anilines is 6. The van der Waals surface area contributed by atoms with Crippen LogP contribution in [0.25, 0.3) is 60.9 Å². The van der Waals surface area contributed by atoms with Crippen molar-refractivity contribution >= 4 is 55.9 Å². The molecule has 2 aliphatic rings. The zero-order valence-electron chi connectivity index (χ0n) is 38.3. The first kappa shape index (κ1) is 39.9. The lowest BCUT2D eigenvalue weighted by Crippen LogP contribution is -2.28. The Morgan fingerprint density at radius 2 is 0.814 bits per heavy atom. The highest BCUT2D eigenvalue weighted by Gasteiger charge is 2.54. The van der Waals surface area contributed by atoms with E-state index in [1.807, 2.05) is 0 Å². The van der Waals surface area contributed by atoms with Crippen LogP contribution in [0.4, 0.5) is 34.1 Å². The van der Waals surface area contributed by atoms with Crippen LogP contribution < -0.4 is 9.80 Å². The Morgan fingerprint density at radius 1 is 0.300 bits per heavy atom. The molecule has 2 aliphatic carbocycles. The van der Waals surface area contributed by atoms with Crippen molar-refractivity contribution in [1.29, 1.82) is 0 Å². The highest BCUT2D eigenvalue weighted by atomic mass is 15.2. The first-order valence-corrected chi connectivity index (χ1v) is 24.2. The summed E-state index contributed by atoms with van der Waals surface area (Å²) in [5.74, 6) is 0. The van der Waals surface area contributed by atoms with Gasteiger partial charge in [-0.25, -0.2) is 0 Å². The lowest BCUT2D eigenvalue weighted by Gasteiger charge is -2.36. The molecule has 0 fully saturated rings. The molecule has 3 heteroatoms. The maximum Gasteiger partial charge on any atom is 0.0746 e. The fraction of sp³-hybridized carbons (Fsp3) is 0.0149. The maximum absolute atomic E-state index is 2.54. The van der Waals surface area contributed by atoms with Gasteiger partial charge in [0.15, 0.2) is 0 Å². The van der Waals surface area contributed by atoms with E-state index in [2.05, 4.69) is 287 Å². The summed E-state index contributed by atoms with van der Waals surface area (Å²) in [7, 11) is 0. The summed E-state index contributed by atoms with van der Waals surface area (Å²) in [5, 5.41) is 2.45. The molecule has 0 aliphatic heterocycles. The molecule has 0 bridgehead atoms. The van der Waals surface area contributed by atoms with Gasteiger partial charge in [0.05, 0.1) is 33.5 Å². The third-order valence-corrected chi connectivity index (χ3v) is 14.8. The van der Waals surface area contributed by atoms with Crippen LogP contribution >= 0.6 is 0 Å². The molecule has 0 N–H and O–H groups in total. The van der Waals surface area contributed by atoms with E-state index in [9.17, 15) is 0 Å². The molecule has 1 atom stereocenters. The van der Waals surface area contributed by atoms with E-state index < -0.39 is 5.41 Å². The Hall–Kier alpha value is -9.18. The first-order chi connectivity index (χ1) is 34.8. The number of benzene rings is 11. The van der Waals surface area contributed by atoms with E-state index >= 15 is 0 Å². The molecule has 328 valence electrons. The van der Waals surface area contributed by atoms with Gasteiger partial charge in [0.2, 0.25) is 0 Å². The minimum atomic E-state index is -0.652. The molecular weight excluding hydrogens is 847 g/mol. The smallest absolute Gasteiger partial charge is 0.0746 e. The first-order valence-electron chi connectivity index (χ1n) is 24.2. The molecule has 1 aromatic heterocycles. The van der Waals surface area contributed by atoms with Crippen LogP contribution in [0.3, 0.4) is 0 Å². The number of hydrogen-bond donors (Lipinski definition) is 0. The molecule has 12 aromatic rings. The average molecular weight is 892 g/mol. The predicted octanol–water partition coefficient (Wildman–Crippen LogP) is 17.7. The van der Waals surface area contributed by atoms with Crippen LogP contribution in [0, 0.1) is 0 Å².